The van der Waals surface area contributed by atoms with Crippen molar-refractivity contribution in [2.75, 3.05) is 6.26 Å². The fourth-order valence-corrected chi connectivity index (χ4v) is 1.81. The number of rotatable bonds is 1. The van der Waals surface area contributed by atoms with Crippen molar-refractivity contribution in [1.29, 1.82) is 5.26 Å². The molecule has 0 atom stereocenters. The number of nitrogens with zero attached hydrogens (tertiary/aromatic N) is 1. The van der Waals surface area contributed by atoms with Gasteiger partial charge in [-0.15, -0.1) is 11.8 Å². The summed E-state index contributed by atoms with van der Waals surface area (Å²) in [4.78, 5) is 1.23. The van der Waals surface area contributed by atoms with E-state index in [1.165, 1.54) is 4.90 Å². The molecule has 0 unspecified atom stereocenters. The molecule has 0 N–H and O–H groups in total. The third kappa shape index (κ3) is 1.62. The van der Waals surface area contributed by atoms with E-state index in [-0.39, 0.29) is 0 Å². The molecule has 0 aromatic heterocycles. The number of benzene rings is 1. The van der Waals surface area contributed by atoms with E-state index in [0.717, 1.165) is 16.7 Å². The van der Waals surface area contributed by atoms with Gasteiger partial charge in [-0.05, 0) is 43.4 Å². The van der Waals surface area contributed by atoms with Gasteiger partial charge in [-0.1, -0.05) is 0 Å². The van der Waals surface area contributed by atoms with Crippen molar-refractivity contribution in [2.24, 2.45) is 0 Å². The first kappa shape index (κ1) is 9.15. The highest BCUT2D eigenvalue weighted by Gasteiger charge is 2.02. The maximum atomic E-state index is 8.81. The van der Waals surface area contributed by atoms with Crippen molar-refractivity contribution in [3.8, 4) is 6.07 Å². The van der Waals surface area contributed by atoms with Crippen LogP contribution in [0.25, 0.3) is 0 Å². The van der Waals surface area contributed by atoms with E-state index in [0.29, 0.717) is 0 Å². The molecule has 0 aliphatic rings. The van der Waals surface area contributed by atoms with Crippen molar-refractivity contribution in [3.63, 3.8) is 0 Å². The van der Waals surface area contributed by atoms with Gasteiger partial charge in [-0.3, -0.25) is 0 Å². The molecule has 1 nitrogen and oxygen atoms in total. The maximum Gasteiger partial charge on any atom is 0.0997 e. The van der Waals surface area contributed by atoms with E-state index in [1.54, 1.807) is 11.8 Å². The van der Waals surface area contributed by atoms with Crippen molar-refractivity contribution in [3.05, 3.63) is 28.8 Å². The van der Waals surface area contributed by atoms with Crippen LogP contribution in [0.1, 0.15) is 16.7 Å². The Morgan fingerprint density at radius 1 is 1.25 bits per heavy atom. The predicted molar refractivity (Wildman–Crippen MR) is 52.4 cm³/mol. The average molecular weight is 177 g/mol. The smallest absolute Gasteiger partial charge is 0.0997 e. The highest BCUT2D eigenvalue weighted by molar-refractivity contribution is 7.98. The van der Waals surface area contributed by atoms with Crippen LogP contribution in [0.4, 0.5) is 0 Å². The number of nitriles is 1. The van der Waals surface area contributed by atoms with E-state index in [2.05, 4.69) is 18.2 Å². The molecule has 12 heavy (non-hydrogen) atoms. The van der Waals surface area contributed by atoms with E-state index in [1.807, 2.05) is 20.1 Å². The lowest BCUT2D eigenvalue weighted by Gasteiger charge is -2.04. The van der Waals surface area contributed by atoms with Gasteiger partial charge in [0.2, 0.25) is 0 Å². The molecule has 1 rings (SSSR count). The Morgan fingerprint density at radius 3 is 2.08 bits per heavy atom. The number of hydrogen-bond acceptors (Lipinski definition) is 2. The van der Waals surface area contributed by atoms with Crippen molar-refractivity contribution in [1.82, 2.24) is 0 Å². The van der Waals surface area contributed by atoms with Gasteiger partial charge < -0.3 is 0 Å². The van der Waals surface area contributed by atoms with Gasteiger partial charge in [-0.2, -0.15) is 5.26 Å². The van der Waals surface area contributed by atoms with Gasteiger partial charge in [0.1, 0.15) is 0 Å². The number of hydrogen-bond donors (Lipinski definition) is 0. The van der Waals surface area contributed by atoms with E-state index in [9.17, 15) is 0 Å². The third-order valence-electron chi connectivity index (χ3n) is 1.85. The fourth-order valence-electron chi connectivity index (χ4n) is 1.22. The Kier molecular flexibility index (Phi) is 2.78. The summed E-state index contributed by atoms with van der Waals surface area (Å²) < 4.78 is 0. The maximum absolute atomic E-state index is 8.81. The molecule has 0 heterocycles. The highest BCUT2D eigenvalue weighted by atomic mass is 32.2. The van der Waals surface area contributed by atoms with Crippen molar-refractivity contribution in [2.45, 2.75) is 18.7 Å². The molecule has 62 valence electrons. The van der Waals surface area contributed by atoms with Gasteiger partial charge in [0.15, 0.2) is 0 Å². The van der Waals surface area contributed by atoms with E-state index >= 15 is 0 Å². The van der Waals surface area contributed by atoms with Crippen molar-refractivity contribution >= 4 is 11.8 Å². The third-order valence-corrected chi connectivity index (χ3v) is 2.56. The molecule has 1 aromatic rings. The summed E-state index contributed by atoms with van der Waals surface area (Å²) in [7, 11) is 0. The van der Waals surface area contributed by atoms with Crippen molar-refractivity contribution < 1.29 is 0 Å². The highest BCUT2D eigenvalue weighted by Crippen LogP contribution is 2.21. The molecule has 2 heteroatoms. The summed E-state index contributed by atoms with van der Waals surface area (Å²) in [5.74, 6) is 0. The summed E-state index contributed by atoms with van der Waals surface area (Å²) in [5, 5.41) is 8.81. The lowest BCUT2D eigenvalue weighted by molar-refractivity contribution is 1.26. The molecule has 0 amide bonds. The molecular weight excluding hydrogens is 166 g/mol. The van der Waals surface area contributed by atoms with Crippen LogP contribution in [0.15, 0.2) is 17.0 Å². The normalized spacial score (nSPS) is 9.50. The summed E-state index contributed by atoms with van der Waals surface area (Å²) in [5.41, 5.74) is 2.96. The number of thioether (sulfide) groups is 1. The molecule has 0 radical (unpaired) electrons. The Morgan fingerprint density at radius 2 is 1.75 bits per heavy atom. The first-order valence-electron chi connectivity index (χ1n) is 3.74. The monoisotopic (exact) mass is 177 g/mol. The SMILES string of the molecule is CSc1cc(C)c(C#N)c(C)c1. The minimum atomic E-state index is 0.813. The summed E-state index contributed by atoms with van der Waals surface area (Å²) in [6.45, 7) is 3.95. The quantitative estimate of drug-likeness (QED) is 0.616. The van der Waals surface area contributed by atoms with Gasteiger partial charge in [-0.25, -0.2) is 0 Å². The van der Waals surface area contributed by atoms with Crippen LogP contribution in [0, 0.1) is 25.2 Å². The fraction of sp³-hybridized carbons (Fsp3) is 0.300. The Labute approximate surface area is 77.4 Å². The van der Waals surface area contributed by atoms with Crippen LogP contribution in [0.2, 0.25) is 0 Å². The zero-order chi connectivity index (χ0) is 9.14. The largest absolute Gasteiger partial charge is 0.192 e. The number of aryl methyl sites for hydroxylation is 2. The van der Waals surface area contributed by atoms with Gasteiger partial charge in [0.25, 0.3) is 0 Å². The summed E-state index contributed by atoms with van der Waals surface area (Å²) in [6, 6.07) is 6.31. The molecule has 0 spiro atoms. The molecule has 0 aliphatic carbocycles. The predicted octanol–water partition coefficient (Wildman–Crippen LogP) is 2.90. The van der Waals surface area contributed by atoms with Gasteiger partial charge in [0, 0.05) is 4.90 Å². The van der Waals surface area contributed by atoms with E-state index in [4.69, 9.17) is 5.26 Å². The second kappa shape index (κ2) is 3.64. The topological polar surface area (TPSA) is 23.8 Å². The minimum absolute atomic E-state index is 0.813. The lowest BCUT2D eigenvalue weighted by atomic mass is 10.0. The molecule has 0 saturated heterocycles. The first-order chi connectivity index (χ1) is 5.69. The zero-order valence-corrected chi connectivity index (χ0v) is 8.33. The molecule has 0 bridgehead atoms. The van der Waals surface area contributed by atoms with Crippen LogP contribution in [-0.4, -0.2) is 6.26 Å². The van der Waals surface area contributed by atoms with Crippen LogP contribution < -0.4 is 0 Å². The van der Waals surface area contributed by atoms with E-state index < -0.39 is 0 Å². The Bertz CT molecular complexity index is 313. The summed E-state index contributed by atoms with van der Waals surface area (Å²) >= 11 is 1.71. The zero-order valence-electron chi connectivity index (χ0n) is 7.51. The van der Waals surface area contributed by atoms with Gasteiger partial charge in [0.05, 0.1) is 11.6 Å². The second-order valence-electron chi connectivity index (χ2n) is 2.75. The first-order valence-corrected chi connectivity index (χ1v) is 4.97. The second-order valence-corrected chi connectivity index (χ2v) is 3.63. The van der Waals surface area contributed by atoms with Crippen LogP contribution in [-0.2, 0) is 0 Å². The molecule has 0 aliphatic heterocycles. The molecular formula is C10H11NS. The standard InChI is InChI=1S/C10H11NS/c1-7-4-9(12-3)5-8(2)10(7)6-11/h4-5H,1-3H3. The van der Waals surface area contributed by atoms with Crippen LogP contribution >= 0.6 is 11.8 Å². The van der Waals surface area contributed by atoms with Crippen LogP contribution in [0.3, 0.4) is 0 Å². The summed E-state index contributed by atoms with van der Waals surface area (Å²) in [6.07, 6.45) is 2.04. The molecule has 0 saturated carbocycles. The Hall–Kier alpha value is -0.940. The molecule has 1 aromatic carbocycles. The Balaban J connectivity index is 3.30. The average Bonchev–Trinajstić information content (AvgIpc) is 2.03. The van der Waals surface area contributed by atoms with Gasteiger partial charge >= 0.3 is 0 Å². The minimum Gasteiger partial charge on any atom is -0.192 e. The van der Waals surface area contributed by atoms with Crippen LogP contribution in [0.5, 0.6) is 0 Å². The molecule has 0 fully saturated rings. The lowest BCUT2D eigenvalue weighted by Crippen LogP contribution is -1.88.